The zero-order chi connectivity index (χ0) is 22.2. The minimum atomic E-state index is -0.241. The number of carbonyl (C=O) groups excluding carboxylic acids is 2. The van der Waals surface area contributed by atoms with Gasteiger partial charge in [0, 0.05) is 18.7 Å². The normalized spacial score (nSPS) is 14.3. The van der Waals surface area contributed by atoms with E-state index in [2.05, 4.69) is 19.2 Å². The van der Waals surface area contributed by atoms with Crippen LogP contribution in [-0.2, 0) is 0 Å². The SMILES string of the molecule is CC(C)CCOc1ccc(C(=O)Nc2ccccc2C(=O)N(C)C2CCCCC2)cc1. The summed E-state index contributed by atoms with van der Waals surface area (Å²) >= 11 is 0. The summed E-state index contributed by atoms with van der Waals surface area (Å²) in [5.41, 5.74) is 1.59. The van der Waals surface area contributed by atoms with Gasteiger partial charge in [-0.05, 0) is 61.6 Å². The molecule has 0 heterocycles. The molecule has 5 nitrogen and oxygen atoms in total. The largest absolute Gasteiger partial charge is 0.494 e. The Bertz CT molecular complexity index is 870. The maximum absolute atomic E-state index is 13.1. The third kappa shape index (κ3) is 6.33. The first-order valence-electron chi connectivity index (χ1n) is 11.4. The van der Waals surface area contributed by atoms with Gasteiger partial charge in [-0.1, -0.05) is 45.2 Å². The second-order valence-electron chi connectivity index (χ2n) is 8.76. The molecule has 0 unspecified atom stereocenters. The Morgan fingerprint density at radius 2 is 1.71 bits per heavy atom. The van der Waals surface area contributed by atoms with Crippen molar-refractivity contribution in [2.24, 2.45) is 5.92 Å². The van der Waals surface area contributed by atoms with Crippen LogP contribution in [0.15, 0.2) is 48.5 Å². The van der Waals surface area contributed by atoms with E-state index in [0.717, 1.165) is 37.9 Å². The average Bonchev–Trinajstić information content (AvgIpc) is 2.79. The quantitative estimate of drug-likeness (QED) is 0.588. The van der Waals surface area contributed by atoms with E-state index >= 15 is 0 Å². The molecule has 5 heteroatoms. The van der Waals surface area contributed by atoms with Crippen LogP contribution in [0.4, 0.5) is 5.69 Å². The number of carbonyl (C=O) groups is 2. The average molecular weight is 423 g/mol. The van der Waals surface area contributed by atoms with Gasteiger partial charge in [0.05, 0.1) is 17.9 Å². The molecule has 0 aromatic heterocycles. The zero-order valence-corrected chi connectivity index (χ0v) is 18.9. The second-order valence-corrected chi connectivity index (χ2v) is 8.76. The number of anilines is 1. The molecule has 0 atom stereocenters. The van der Waals surface area contributed by atoms with Crippen LogP contribution in [0.5, 0.6) is 5.75 Å². The summed E-state index contributed by atoms with van der Waals surface area (Å²) in [4.78, 5) is 27.8. The van der Waals surface area contributed by atoms with Gasteiger partial charge in [-0.3, -0.25) is 9.59 Å². The molecule has 1 fully saturated rings. The Hall–Kier alpha value is -2.82. The minimum Gasteiger partial charge on any atom is -0.494 e. The van der Waals surface area contributed by atoms with Crippen molar-refractivity contribution in [3.8, 4) is 5.75 Å². The molecule has 0 aliphatic heterocycles. The summed E-state index contributed by atoms with van der Waals surface area (Å²) < 4.78 is 5.72. The number of para-hydroxylation sites is 1. The lowest BCUT2D eigenvalue weighted by molar-refractivity contribution is 0.0697. The zero-order valence-electron chi connectivity index (χ0n) is 18.9. The highest BCUT2D eigenvalue weighted by Crippen LogP contribution is 2.25. The van der Waals surface area contributed by atoms with Gasteiger partial charge in [-0.2, -0.15) is 0 Å². The van der Waals surface area contributed by atoms with Gasteiger partial charge in [0.1, 0.15) is 5.75 Å². The third-order valence-corrected chi connectivity index (χ3v) is 5.93. The summed E-state index contributed by atoms with van der Waals surface area (Å²) in [6.07, 6.45) is 6.65. The molecule has 0 radical (unpaired) electrons. The molecule has 3 rings (SSSR count). The summed E-state index contributed by atoms with van der Waals surface area (Å²) in [5, 5.41) is 2.92. The Morgan fingerprint density at radius 1 is 1.03 bits per heavy atom. The van der Waals surface area contributed by atoms with Crippen molar-refractivity contribution in [1.82, 2.24) is 4.90 Å². The number of amides is 2. The molecule has 0 saturated heterocycles. The van der Waals surface area contributed by atoms with Gasteiger partial charge in [-0.25, -0.2) is 0 Å². The van der Waals surface area contributed by atoms with E-state index in [0.29, 0.717) is 29.3 Å². The summed E-state index contributed by atoms with van der Waals surface area (Å²) in [6, 6.07) is 14.6. The predicted molar refractivity (Wildman–Crippen MR) is 125 cm³/mol. The van der Waals surface area contributed by atoms with E-state index in [1.54, 1.807) is 24.3 Å². The van der Waals surface area contributed by atoms with Gasteiger partial charge < -0.3 is 15.0 Å². The van der Waals surface area contributed by atoms with Crippen LogP contribution in [0.2, 0.25) is 0 Å². The van der Waals surface area contributed by atoms with Crippen LogP contribution in [0.25, 0.3) is 0 Å². The van der Waals surface area contributed by atoms with Crippen LogP contribution in [0, 0.1) is 5.92 Å². The maximum Gasteiger partial charge on any atom is 0.255 e. The molecule has 1 aliphatic rings. The molecule has 2 aromatic carbocycles. The molecule has 166 valence electrons. The first-order chi connectivity index (χ1) is 15.0. The van der Waals surface area contributed by atoms with Crippen molar-refractivity contribution in [2.75, 3.05) is 19.0 Å². The third-order valence-electron chi connectivity index (χ3n) is 5.93. The molecule has 31 heavy (non-hydrogen) atoms. The number of hydrogen-bond donors (Lipinski definition) is 1. The molecule has 2 amide bonds. The molecular formula is C26H34N2O3. The van der Waals surface area contributed by atoms with Crippen molar-refractivity contribution in [1.29, 1.82) is 0 Å². The lowest BCUT2D eigenvalue weighted by atomic mass is 9.94. The lowest BCUT2D eigenvalue weighted by Crippen LogP contribution is -2.38. The minimum absolute atomic E-state index is 0.0447. The van der Waals surface area contributed by atoms with Gasteiger partial charge in [0.25, 0.3) is 11.8 Å². The first-order valence-corrected chi connectivity index (χ1v) is 11.4. The van der Waals surface area contributed by atoms with E-state index < -0.39 is 0 Å². The highest BCUT2D eigenvalue weighted by molar-refractivity contribution is 6.09. The highest BCUT2D eigenvalue weighted by Gasteiger charge is 2.25. The van der Waals surface area contributed by atoms with Crippen LogP contribution in [0.1, 0.15) is 73.1 Å². The Morgan fingerprint density at radius 3 is 2.39 bits per heavy atom. The number of nitrogens with one attached hydrogen (secondary N) is 1. The molecule has 0 bridgehead atoms. The van der Waals surface area contributed by atoms with Crippen LogP contribution < -0.4 is 10.1 Å². The van der Waals surface area contributed by atoms with E-state index in [9.17, 15) is 9.59 Å². The van der Waals surface area contributed by atoms with Crippen molar-refractivity contribution < 1.29 is 14.3 Å². The molecule has 0 spiro atoms. The summed E-state index contributed by atoms with van der Waals surface area (Å²) in [5.74, 6) is 1.05. The number of ether oxygens (including phenoxy) is 1. The van der Waals surface area contributed by atoms with Gasteiger partial charge in [-0.15, -0.1) is 0 Å². The number of nitrogens with zero attached hydrogens (tertiary/aromatic N) is 1. The van der Waals surface area contributed by atoms with E-state index in [-0.39, 0.29) is 17.9 Å². The fraction of sp³-hybridized carbons (Fsp3) is 0.462. The Labute approximate surface area is 185 Å². The summed E-state index contributed by atoms with van der Waals surface area (Å²) in [7, 11) is 1.87. The van der Waals surface area contributed by atoms with Crippen molar-refractivity contribution in [2.45, 2.75) is 58.4 Å². The van der Waals surface area contributed by atoms with Gasteiger partial charge >= 0.3 is 0 Å². The molecular weight excluding hydrogens is 388 g/mol. The fourth-order valence-electron chi connectivity index (χ4n) is 3.91. The number of rotatable bonds is 8. The monoisotopic (exact) mass is 422 g/mol. The van der Waals surface area contributed by atoms with E-state index in [1.165, 1.54) is 6.42 Å². The first kappa shape index (κ1) is 22.9. The van der Waals surface area contributed by atoms with E-state index in [4.69, 9.17) is 4.74 Å². The summed E-state index contributed by atoms with van der Waals surface area (Å²) in [6.45, 7) is 4.98. The van der Waals surface area contributed by atoms with Crippen LogP contribution in [-0.4, -0.2) is 36.4 Å². The second kappa shape index (κ2) is 11.0. The highest BCUT2D eigenvalue weighted by atomic mass is 16.5. The predicted octanol–water partition coefficient (Wildman–Crippen LogP) is 5.77. The Kier molecular flexibility index (Phi) is 8.10. The van der Waals surface area contributed by atoms with Crippen molar-refractivity contribution in [3.05, 3.63) is 59.7 Å². The molecule has 1 saturated carbocycles. The standard InChI is InChI=1S/C26H34N2O3/c1-19(2)17-18-31-22-15-13-20(14-16-22)25(29)27-24-12-8-7-11-23(24)26(30)28(3)21-9-5-4-6-10-21/h7-8,11-16,19,21H,4-6,9-10,17-18H2,1-3H3,(H,27,29). The molecule has 1 N–H and O–H groups in total. The Balaban J connectivity index is 1.66. The smallest absolute Gasteiger partial charge is 0.255 e. The van der Waals surface area contributed by atoms with Crippen LogP contribution in [0.3, 0.4) is 0 Å². The topological polar surface area (TPSA) is 58.6 Å². The number of hydrogen-bond acceptors (Lipinski definition) is 3. The van der Waals surface area contributed by atoms with Gasteiger partial charge in [0.15, 0.2) is 0 Å². The van der Waals surface area contributed by atoms with E-state index in [1.807, 2.05) is 36.2 Å². The van der Waals surface area contributed by atoms with Crippen molar-refractivity contribution >= 4 is 17.5 Å². The maximum atomic E-state index is 13.1. The number of benzene rings is 2. The fourth-order valence-corrected chi connectivity index (χ4v) is 3.91. The van der Waals surface area contributed by atoms with Crippen LogP contribution >= 0.6 is 0 Å². The lowest BCUT2D eigenvalue weighted by Gasteiger charge is -2.31. The molecule has 1 aliphatic carbocycles. The van der Waals surface area contributed by atoms with Gasteiger partial charge in [0.2, 0.25) is 0 Å². The van der Waals surface area contributed by atoms with Crippen molar-refractivity contribution in [3.63, 3.8) is 0 Å². The molecule has 2 aromatic rings.